The van der Waals surface area contributed by atoms with Crippen molar-refractivity contribution < 1.29 is 27.5 Å². The van der Waals surface area contributed by atoms with E-state index in [9.17, 15) is 22.8 Å². The number of carbonyl (C=O) groups excluding carboxylic acids is 2. The van der Waals surface area contributed by atoms with Gasteiger partial charge in [-0.25, -0.2) is 15.0 Å². The van der Waals surface area contributed by atoms with Crippen molar-refractivity contribution in [1.29, 1.82) is 0 Å². The number of rotatable bonds is 8. The molecule has 42 heavy (non-hydrogen) atoms. The van der Waals surface area contributed by atoms with Crippen LogP contribution >= 0.6 is 0 Å². The van der Waals surface area contributed by atoms with Gasteiger partial charge in [-0.15, -0.1) is 0 Å². The van der Waals surface area contributed by atoms with Crippen LogP contribution in [-0.2, 0) is 15.7 Å². The Bertz CT molecular complexity index is 1590. The average Bonchev–Trinajstić information content (AvgIpc) is 3.37. The van der Waals surface area contributed by atoms with Crippen LogP contribution in [0, 0.1) is 0 Å². The molecule has 3 aromatic heterocycles. The number of nitrogens with zero attached hydrogens (tertiary/aromatic N) is 4. The molecule has 5 rings (SSSR count). The smallest absolute Gasteiger partial charge is 0.384 e. The predicted molar refractivity (Wildman–Crippen MR) is 150 cm³/mol. The highest BCUT2D eigenvalue weighted by molar-refractivity contribution is 6.04. The number of hydrogen-bond donors (Lipinski definition) is 3. The number of carbonyl (C=O) groups is 2. The average molecular weight is 582 g/mol. The lowest BCUT2D eigenvalue weighted by molar-refractivity contribution is -0.137. The number of imidazole rings is 1. The number of nitrogens with one attached hydrogen (secondary N) is 2. The number of nitrogen functional groups attached to an aromatic ring is 1. The summed E-state index contributed by atoms with van der Waals surface area (Å²) < 4.78 is 46.0. The molecular weight excluding hydrogens is 551 g/mol. The Kier molecular flexibility index (Phi) is 8.39. The number of nitrogens with two attached hydrogens (primary N) is 1. The van der Waals surface area contributed by atoms with Crippen molar-refractivity contribution in [2.45, 2.75) is 50.2 Å². The van der Waals surface area contributed by atoms with Gasteiger partial charge in [0.2, 0.25) is 5.91 Å². The van der Waals surface area contributed by atoms with Crippen LogP contribution in [0.3, 0.4) is 0 Å². The number of amides is 2. The summed E-state index contributed by atoms with van der Waals surface area (Å²) in [6.07, 6.45) is 3.59. The molecule has 2 atom stereocenters. The van der Waals surface area contributed by atoms with Gasteiger partial charge in [0, 0.05) is 55.2 Å². The minimum absolute atomic E-state index is 0.0206. The molecule has 1 aliphatic rings. The first-order valence-electron chi connectivity index (χ1n) is 13.5. The van der Waals surface area contributed by atoms with Crippen molar-refractivity contribution in [3.63, 3.8) is 0 Å². The molecule has 0 saturated heterocycles. The minimum atomic E-state index is -4.55. The van der Waals surface area contributed by atoms with Crippen LogP contribution in [0.4, 0.5) is 24.8 Å². The number of aromatic nitrogens is 4. The van der Waals surface area contributed by atoms with Crippen LogP contribution in [0.5, 0.6) is 0 Å². The summed E-state index contributed by atoms with van der Waals surface area (Å²) in [5, 5.41) is 5.51. The van der Waals surface area contributed by atoms with Crippen molar-refractivity contribution in [2.24, 2.45) is 0 Å². The molecule has 220 valence electrons. The third-order valence-electron chi connectivity index (χ3n) is 7.30. The molecule has 0 aliphatic heterocycles. The monoisotopic (exact) mass is 581 g/mol. The molecule has 4 aromatic rings. The number of fused-ring (bicyclic) bond motifs is 1. The van der Waals surface area contributed by atoms with E-state index in [1.807, 2.05) is 10.6 Å². The van der Waals surface area contributed by atoms with E-state index in [1.165, 1.54) is 0 Å². The molecule has 0 bridgehead atoms. The molecule has 0 spiro atoms. The fraction of sp³-hybridized carbons (Fsp3) is 0.345. The molecule has 1 fully saturated rings. The van der Waals surface area contributed by atoms with E-state index in [4.69, 9.17) is 15.5 Å². The molecule has 3 heterocycles. The first kappa shape index (κ1) is 29.0. The van der Waals surface area contributed by atoms with Gasteiger partial charge in [0.15, 0.2) is 0 Å². The summed E-state index contributed by atoms with van der Waals surface area (Å²) in [5.41, 5.74) is 7.52. The van der Waals surface area contributed by atoms with Crippen molar-refractivity contribution in [1.82, 2.24) is 24.7 Å². The minimum Gasteiger partial charge on any atom is -0.384 e. The summed E-state index contributed by atoms with van der Waals surface area (Å²) in [6.45, 7) is 0.366. The standard InChI is InChI=1S/C29H30F3N7O3/c1-42-14-10-23(40)36-21-4-2-3-19(15-21)27-38-24(25-26(33)35-12-13-39(25)27)17-5-7-18(8-6-17)28(41)37-22-16-20(9-11-34-22)29(30,31)32/h5-9,11-13,16,19,21H,2-4,10,14-15H2,1H3,(H2,33,35)(H,36,40)(H,34,37,41)/t19-,21+/m0/s1. The molecule has 13 heteroatoms. The Balaban J connectivity index is 1.37. The molecule has 1 saturated carbocycles. The number of hydrogen-bond acceptors (Lipinski definition) is 7. The third-order valence-corrected chi connectivity index (χ3v) is 7.30. The van der Waals surface area contributed by atoms with Crippen molar-refractivity contribution in [2.75, 3.05) is 24.8 Å². The Labute approximate surface area is 239 Å². The summed E-state index contributed by atoms with van der Waals surface area (Å²) in [7, 11) is 1.56. The van der Waals surface area contributed by atoms with Gasteiger partial charge < -0.3 is 21.1 Å². The van der Waals surface area contributed by atoms with E-state index in [0.29, 0.717) is 35.6 Å². The van der Waals surface area contributed by atoms with Gasteiger partial charge in [0.05, 0.1) is 12.2 Å². The number of anilines is 2. The number of alkyl halides is 3. The molecule has 0 radical (unpaired) electrons. The summed E-state index contributed by atoms with van der Waals surface area (Å²) in [6, 6.07) is 8.15. The lowest BCUT2D eigenvalue weighted by atomic mass is 9.85. The summed E-state index contributed by atoms with van der Waals surface area (Å²) >= 11 is 0. The maximum atomic E-state index is 13.0. The van der Waals surface area contributed by atoms with E-state index in [2.05, 4.69) is 20.6 Å². The maximum absolute atomic E-state index is 13.0. The van der Waals surface area contributed by atoms with Crippen LogP contribution in [0.25, 0.3) is 16.8 Å². The Hall–Kier alpha value is -4.52. The number of halogens is 3. The Morgan fingerprint density at radius 1 is 1.12 bits per heavy atom. The van der Waals surface area contributed by atoms with Crippen molar-refractivity contribution in [3.8, 4) is 11.3 Å². The third kappa shape index (κ3) is 6.35. The summed E-state index contributed by atoms with van der Waals surface area (Å²) in [4.78, 5) is 38.1. The van der Waals surface area contributed by atoms with E-state index in [0.717, 1.165) is 49.8 Å². The zero-order chi connectivity index (χ0) is 29.9. The highest BCUT2D eigenvalue weighted by Crippen LogP contribution is 2.37. The SMILES string of the molecule is COCCC(=O)N[C@@H]1CCC[C@H](c2nc(-c3ccc(C(=O)Nc4cc(C(F)(F)F)ccn4)cc3)c3c(N)nccn23)C1. The van der Waals surface area contributed by atoms with Crippen LogP contribution in [0.2, 0.25) is 0 Å². The maximum Gasteiger partial charge on any atom is 0.416 e. The zero-order valence-electron chi connectivity index (χ0n) is 22.8. The van der Waals surface area contributed by atoms with Crippen molar-refractivity contribution >= 4 is 29.0 Å². The second-order valence-corrected chi connectivity index (χ2v) is 10.2. The van der Waals surface area contributed by atoms with Crippen molar-refractivity contribution in [3.05, 3.63) is 71.9 Å². The zero-order valence-corrected chi connectivity index (χ0v) is 22.8. The first-order chi connectivity index (χ1) is 20.1. The highest BCUT2D eigenvalue weighted by Gasteiger charge is 2.31. The topological polar surface area (TPSA) is 137 Å². The fourth-order valence-electron chi connectivity index (χ4n) is 5.27. The Morgan fingerprint density at radius 3 is 2.64 bits per heavy atom. The predicted octanol–water partition coefficient (Wildman–Crippen LogP) is 4.82. The molecule has 0 unspecified atom stereocenters. The lowest BCUT2D eigenvalue weighted by Crippen LogP contribution is -2.38. The lowest BCUT2D eigenvalue weighted by Gasteiger charge is -2.29. The van der Waals surface area contributed by atoms with Gasteiger partial charge in [-0.2, -0.15) is 13.2 Å². The number of pyridine rings is 1. The van der Waals surface area contributed by atoms with E-state index in [1.54, 1.807) is 37.6 Å². The van der Waals surface area contributed by atoms with Crippen LogP contribution in [0.1, 0.15) is 59.8 Å². The van der Waals surface area contributed by atoms with Crippen LogP contribution in [-0.4, -0.2) is 50.9 Å². The van der Waals surface area contributed by atoms with Crippen LogP contribution < -0.4 is 16.4 Å². The highest BCUT2D eigenvalue weighted by atomic mass is 19.4. The molecule has 1 aromatic carbocycles. The van der Waals surface area contributed by atoms with Crippen LogP contribution in [0.15, 0.2) is 55.0 Å². The first-order valence-corrected chi connectivity index (χ1v) is 13.5. The van der Waals surface area contributed by atoms with Gasteiger partial charge in [-0.3, -0.25) is 14.0 Å². The van der Waals surface area contributed by atoms with Gasteiger partial charge in [0.25, 0.3) is 5.91 Å². The quantitative estimate of drug-likeness (QED) is 0.271. The van der Waals surface area contributed by atoms with Gasteiger partial charge >= 0.3 is 6.18 Å². The number of methoxy groups -OCH3 is 1. The van der Waals surface area contributed by atoms with Gasteiger partial charge in [-0.1, -0.05) is 18.6 Å². The molecule has 4 N–H and O–H groups in total. The fourth-order valence-corrected chi connectivity index (χ4v) is 5.27. The van der Waals surface area contributed by atoms with E-state index < -0.39 is 17.6 Å². The molecule has 2 amide bonds. The largest absolute Gasteiger partial charge is 0.416 e. The molecule has 1 aliphatic carbocycles. The van der Waals surface area contributed by atoms with E-state index in [-0.39, 0.29) is 29.2 Å². The number of benzene rings is 1. The van der Waals surface area contributed by atoms with E-state index >= 15 is 0 Å². The van der Waals surface area contributed by atoms with Gasteiger partial charge in [0.1, 0.15) is 28.7 Å². The molecule has 10 nitrogen and oxygen atoms in total. The second-order valence-electron chi connectivity index (χ2n) is 10.2. The summed E-state index contributed by atoms with van der Waals surface area (Å²) in [5.74, 6) is 0.317. The Morgan fingerprint density at radius 2 is 1.90 bits per heavy atom. The van der Waals surface area contributed by atoms with Gasteiger partial charge in [-0.05, 0) is 43.5 Å². The number of ether oxygens (including phenoxy) is 1. The molecular formula is C29H30F3N7O3. The normalized spacial score (nSPS) is 17.2. The second kappa shape index (κ2) is 12.1.